The van der Waals surface area contributed by atoms with Crippen molar-refractivity contribution in [2.75, 3.05) is 42.4 Å². The van der Waals surface area contributed by atoms with Gasteiger partial charge in [0.05, 0.1) is 47.9 Å². The largest absolute Gasteiger partial charge is 0.449 e. The molecule has 1 saturated heterocycles. The minimum absolute atomic E-state index is 0.0513. The van der Waals surface area contributed by atoms with Crippen molar-refractivity contribution in [2.24, 2.45) is 11.3 Å². The summed E-state index contributed by atoms with van der Waals surface area (Å²) in [5.74, 6) is -0.156. The molecule has 38 heavy (non-hydrogen) atoms. The predicted octanol–water partition coefficient (Wildman–Crippen LogP) is 3.01. The minimum Gasteiger partial charge on any atom is -0.449 e. The number of aliphatic hydroxyl groups excluding tert-OH is 1. The molecule has 210 valence electrons. The van der Waals surface area contributed by atoms with Crippen molar-refractivity contribution in [3.63, 3.8) is 0 Å². The van der Waals surface area contributed by atoms with E-state index >= 15 is 0 Å². The number of hydrogen-bond donors (Lipinski definition) is 2. The van der Waals surface area contributed by atoms with E-state index in [4.69, 9.17) is 4.74 Å². The summed E-state index contributed by atoms with van der Waals surface area (Å²) in [5.41, 5.74) is 0.697. The molecule has 2 atom stereocenters. The SMILES string of the molecule is Cc1nn(C(F)F)cc1S(=O)(=O)N1C[C@H](CN2CC[C@@H](O)C2)Cc2ncc(NC(=O)OCC(C)(C)C)cc21. The number of alkyl halides is 2. The molecular weight excluding hydrogens is 522 g/mol. The Labute approximate surface area is 220 Å². The number of halogens is 2. The molecule has 0 spiro atoms. The lowest BCUT2D eigenvalue weighted by Crippen LogP contribution is -2.44. The molecule has 4 rings (SSSR count). The lowest BCUT2D eigenvalue weighted by atomic mass is 9.97. The Balaban J connectivity index is 1.66. The van der Waals surface area contributed by atoms with Crippen LogP contribution in [0, 0.1) is 18.3 Å². The summed E-state index contributed by atoms with van der Waals surface area (Å²) in [6.07, 6.45) is 2.26. The van der Waals surface area contributed by atoms with Crippen LogP contribution in [-0.4, -0.2) is 78.2 Å². The summed E-state index contributed by atoms with van der Waals surface area (Å²) in [7, 11) is -4.31. The number of hydrogen-bond acceptors (Lipinski definition) is 8. The summed E-state index contributed by atoms with van der Waals surface area (Å²) < 4.78 is 60.9. The lowest BCUT2D eigenvalue weighted by molar-refractivity contribution is 0.0561. The molecular formula is C24H34F2N6O5S. The van der Waals surface area contributed by atoms with E-state index in [2.05, 4.69) is 20.3 Å². The molecule has 4 heterocycles. The first-order chi connectivity index (χ1) is 17.7. The van der Waals surface area contributed by atoms with Gasteiger partial charge in [-0.3, -0.25) is 14.6 Å². The van der Waals surface area contributed by atoms with Crippen molar-refractivity contribution in [1.82, 2.24) is 19.7 Å². The van der Waals surface area contributed by atoms with Gasteiger partial charge < -0.3 is 14.7 Å². The summed E-state index contributed by atoms with van der Waals surface area (Å²) in [6.45, 7) is 6.12. The highest BCUT2D eigenvalue weighted by molar-refractivity contribution is 7.92. The first kappa shape index (κ1) is 28.2. The number of aliphatic hydroxyl groups is 1. The number of rotatable bonds is 7. The van der Waals surface area contributed by atoms with Crippen LogP contribution < -0.4 is 9.62 Å². The summed E-state index contributed by atoms with van der Waals surface area (Å²) >= 11 is 0. The van der Waals surface area contributed by atoms with Crippen molar-refractivity contribution in [3.8, 4) is 0 Å². The van der Waals surface area contributed by atoms with E-state index in [1.165, 1.54) is 19.2 Å². The van der Waals surface area contributed by atoms with Gasteiger partial charge in [0.1, 0.15) is 4.90 Å². The number of carbonyl (C=O) groups excluding carboxylic acids is 1. The zero-order valence-corrected chi connectivity index (χ0v) is 22.7. The van der Waals surface area contributed by atoms with Gasteiger partial charge in [-0.2, -0.15) is 13.9 Å². The smallest absolute Gasteiger partial charge is 0.411 e. The number of pyridine rings is 1. The first-order valence-corrected chi connectivity index (χ1v) is 13.9. The lowest BCUT2D eigenvalue weighted by Gasteiger charge is -2.36. The van der Waals surface area contributed by atoms with Gasteiger partial charge in [-0.25, -0.2) is 17.9 Å². The van der Waals surface area contributed by atoms with Crippen molar-refractivity contribution in [3.05, 3.63) is 29.8 Å². The van der Waals surface area contributed by atoms with Gasteiger partial charge in [0.15, 0.2) is 0 Å². The zero-order chi connectivity index (χ0) is 27.8. The quantitative estimate of drug-likeness (QED) is 0.533. The van der Waals surface area contributed by atoms with Crippen molar-refractivity contribution >= 4 is 27.5 Å². The Morgan fingerprint density at radius 1 is 1.32 bits per heavy atom. The Morgan fingerprint density at radius 2 is 2.05 bits per heavy atom. The summed E-state index contributed by atoms with van der Waals surface area (Å²) in [5, 5.41) is 16.2. The predicted molar refractivity (Wildman–Crippen MR) is 136 cm³/mol. The molecule has 0 bridgehead atoms. The summed E-state index contributed by atoms with van der Waals surface area (Å²) in [6, 6.07) is 1.50. The normalized spacial score (nSPS) is 20.6. The van der Waals surface area contributed by atoms with E-state index in [-0.39, 0.29) is 46.4 Å². The summed E-state index contributed by atoms with van der Waals surface area (Å²) in [4.78, 5) is 18.5. The third-order valence-corrected chi connectivity index (χ3v) is 8.29. The molecule has 2 aromatic rings. The topological polar surface area (TPSA) is 130 Å². The number of nitrogens with one attached hydrogen (secondary N) is 1. The maximum atomic E-state index is 13.8. The van der Waals surface area contributed by atoms with E-state index in [1.807, 2.05) is 20.8 Å². The number of carbonyl (C=O) groups is 1. The van der Waals surface area contributed by atoms with Crippen molar-refractivity contribution in [2.45, 2.75) is 58.1 Å². The molecule has 0 aromatic carbocycles. The number of ether oxygens (including phenoxy) is 1. The van der Waals surface area contributed by atoms with E-state index < -0.39 is 28.8 Å². The number of nitrogens with zero attached hydrogens (tertiary/aromatic N) is 5. The van der Waals surface area contributed by atoms with E-state index in [1.54, 1.807) is 0 Å². The van der Waals surface area contributed by atoms with Gasteiger partial charge in [-0.1, -0.05) is 20.8 Å². The molecule has 1 fully saturated rings. The standard InChI is InChI=1S/C24H34F2N6O5S/c1-15-21(13-31(29-15)22(25)26)38(35,36)32-11-16(10-30-6-5-18(33)12-30)7-19-20(32)8-17(9-27-19)28-23(34)37-14-24(2,3)4/h8-9,13,16,18,22,33H,5-7,10-12,14H2,1-4H3,(H,28,34)/t16-,18+/m0/s1. The monoisotopic (exact) mass is 556 g/mol. The van der Waals surface area contributed by atoms with Crippen LogP contribution >= 0.6 is 0 Å². The van der Waals surface area contributed by atoms with Crippen LogP contribution in [0.2, 0.25) is 0 Å². The minimum atomic E-state index is -4.31. The third kappa shape index (κ3) is 6.41. The maximum absolute atomic E-state index is 13.8. The second-order valence-electron chi connectivity index (χ2n) is 11.1. The highest BCUT2D eigenvalue weighted by Gasteiger charge is 2.38. The number of sulfonamides is 1. The Morgan fingerprint density at radius 3 is 2.66 bits per heavy atom. The van der Waals surface area contributed by atoms with Crippen molar-refractivity contribution in [1.29, 1.82) is 0 Å². The van der Waals surface area contributed by atoms with Crippen LogP contribution in [0.5, 0.6) is 0 Å². The number of amides is 1. The van der Waals surface area contributed by atoms with Crippen LogP contribution in [0.15, 0.2) is 23.4 Å². The molecule has 11 nitrogen and oxygen atoms in total. The van der Waals surface area contributed by atoms with E-state index in [9.17, 15) is 27.1 Å². The number of anilines is 2. The molecule has 2 aliphatic rings. The van der Waals surface area contributed by atoms with Gasteiger partial charge in [0.2, 0.25) is 0 Å². The third-order valence-electron chi connectivity index (χ3n) is 6.41. The average Bonchev–Trinajstić information content (AvgIpc) is 3.42. The molecule has 0 saturated carbocycles. The molecule has 1 amide bonds. The fraction of sp³-hybridized carbons (Fsp3) is 0.625. The van der Waals surface area contributed by atoms with Gasteiger partial charge in [0, 0.05) is 26.2 Å². The number of likely N-dealkylation sites (tertiary alicyclic amines) is 1. The molecule has 0 aliphatic carbocycles. The van der Waals surface area contributed by atoms with Crippen LogP contribution in [0.1, 0.15) is 45.1 Å². The molecule has 2 aromatic heterocycles. The maximum Gasteiger partial charge on any atom is 0.411 e. The highest BCUT2D eigenvalue weighted by Crippen LogP contribution is 2.36. The number of fused-ring (bicyclic) bond motifs is 1. The Hall–Kier alpha value is -2.84. The number of aryl methyl sites for hydroxylation is 1. The van der Waals surface area contributed by atoms with Crippen molar-refractivity contribution < 1.29 is 31.8 Å². The highest BCUT2D eigenvalue weighted by atomic mass is 32.2. The Kier molecular flexibility index (Phi) is 7.96. The van der Waals surface area contributed by atoms with Gasteiger partial charge in [-0.15, -0.1) is 0 Å². The second-order valence-corrected chi connectivity index (χ2v) is 12.9. The number of β-amino-alcohol motifs (C(OH)–C–C–N with tert-alkyl or cyclic N) is 1. The van der Waals surface area contributed by atoms with Gasteiger partial charge in [0.25, 0.3) is 10.0 Å². The van der Waals surface area contributed by atoms with Crippen LogP contribution in [0.25, 0.3) is 0 Å². The first-order valence-electron chi connectivity index (χ1n) is 12.4. The van der Waals surface area contributed by atoms with Gasteiger partial charge in [-0.05, 0) is 37.2 Å². The fourth-order valence-corrected chi connectivity index (χ4v) is 6.38. The van der Waals surface area contributed by atoms with E-state index in [0.717, 1.165) is 10.5 Å². The molecule has 14 heteroatoms. The molecule has 2 aliphatic heterocycles. The van der Waals surface area contributed by atoms with Crippen LogP contribution in [-0.2, 0) is 21.2 Å². The van der Waals surface area contributed by atoms with Crippen LogP contribution in [0.3, 0.4) is 0 Å². The van der Waals surface area contributed by atoms with Crippen LogP contribution in [0.4, 0.5) is 25.0 Å². The average molecular weight is 557 g/mol. The molecule has 2 N–H and O–H groups in total. The second kappa shape index (κ2) is 10.7. The Bertz CT molecular complexity index is 1280. The molecule has 0 unspecified atom stereocenters. The zero-order valence-electron chi connectivity index (χ0n) is 21.9. The molecule has 0 radical (unpaired) electrons. The van der Waals surface area contributed by atoms with Gasteiger partial charge >= 0.3 is 12.6 Å². The number of aromatic nitrogens is 3. The van der Waals surface area contributed by atoms with E-state index in [0.29, 0.717) is 42.9 Å². The fourth-order valence-electron chi connectivity index (χ4n) is 4.66.